The summed E-state index contributed by atoms with van der Waals surface area (Å²) in [4.78, 5) is 16.3. The number of hydrogen-bond donors (Lipinski definition) is 2. The minimum atomic E-state index is -4.62. The van der Waals surface area contributed by atoms with E-state index in [1.54, 1.807) is 0 Å². The van der Waals surface area contributed by atoms with E-state index in [-0.39, 0.29) is 16.4 Å². The Morgan fingerprint density at radius 2 is 1.92 bits per heavy atom. The predicted octanol–water partition coefficient (Wildman–Crippen LogP) is 2.99. The van der Waals surface area contributed by atoms with Crippen molar-refractivity contribution in [2.45, 2.75) is 12.1 Å². The Labute approximate surface area is 146 Å². The molecule has 132 valence electrons. The van der Waals surface area contributed by atoms with Gasteiger partial charge in [0.15, 0.2) is 5.11 Å². The van der Waals surface area contributed by atoms with Gasteiger partial charge in [0.2, 0.25) is 5.91 Å². The summed E-state index contributed by atoms with van der Waals surface area (Å²) in [5.74, 6) is -2.93. The number of rotatable bonds is 3. The van der Waals surface area contributed by atoms with Gasteiger partial charge in [0.25, 0.3) is 0 Å². The summed E-state index contributed by atoms with van der Waals surface area (Å²) in [5, 5.41) is 4.77. The maximum Gasteiger partial charge on any atom is 0.416 e. The van der Waals surface area contributed by atoms with Gasteiger partial charge in [-0.2, -0.15) is 13.2 Å². The summed E-state index contributed by atoms with van der Waals surface area (Å²) in [5.41, 5.74) is -1.33. The first-order valence-corrected chi connectivity index (χ1v) is 7.45. The zero-order valence-electron chi connectivity index (χ0n) is 12.9. The lowest BCUT2D eigenvalue weighted by Crippen LogP contribution is -2.40. The van der Waals surface area contributed by atoms with Crippen LogP contribution in [0.3, 0.4) is 0 Å². The van der Waals surface area contributed by atoms with Crippen molar-refractivity contribution < 1.29 is 22.4 Å². The molecule has 1 aromatic carbocycles. The molecular weight excluding hydrogens is 358 g/mol. The number of carbonyl (C=O) groups is 1. The molecule has 0 aliphatic carbocycles. The summed E-state index contributed by atoms with van der Waals surface area (Å²) in [6.07, 6.45) is -3.69. The van der Waals surface area contributed by atoms with Crippen molar-refractivity contribution in [3.05, 3.63) is 65.2 Å². The number of carbonyl (C=O) groups excluding carboxylic acids is 1. The number of alkyl halides is 3. The Kier molecular flexibility index (Phi) is 5.68. The van der Waals surface area contributed by atoms with Crippen LogP contribution in [0.5, 0.6) is 0 Å². The molecule has 25 heavy (non-hydrogen) atoms. The van der Waals surface area contributed by atoms with Gasteiger partial charge in [-0.25, -0.2) is 4.39 Å². The van der Waals surface area contributed by atoms with E-state index in [4.69, 9.17) is 12.2 Å². The molecule has 2 aromatic rings. The molecule has 0 aliphatic rings. The smallest absolute Gasteiger partial charge is 0.365 e. The lowest BCUT2D eigenvalue weighted by molar-refractivity contribution is -0.137. The fourth-order valence-corrected chi connectivity index (χ4v) is 2.27. The normalized spacial score (nSPS) is 12.4. The molecule has 2 N–H and O–H groups in total. The first-order valence-electron chi connectivity index (χ1n) is 7.04. The molecule has 0 saturated heterocycles. The van der Waals surface area contributed by atoms with Crippen molar-refractivity contribution in [3.63, 3.8) is 0 Å². The van der Waals surface area contributed by atoms with Gasteiger partial charge in [0, 0.05) is 18.8 Å². The van der Waals surface area contributed by atoms with E-state index >= 15 is 0 Å². The van der Waals surface area contributed by atoms with Crippen molar-refractivity contribution in [2.75, 3.05) is 7.05 Å². The zero-order valence-corrected chi connectivity index (χ0v) is 13.7. The van der Waals surface area contributed by atoms with Crippen LogP contribution in [0.15, 0.2) is 42.6 Å². The zero-order chi connectivity index (χ0) is 18.6. The maximum absolute atomic E-state index is 14.2. The number of halogens is 4. The number of nitrogens with zero attached hydrogens (tertiary/aromatic N) is 1. The highest BCUT2D eigenvalue weighted by Crippen LogP contribution is 2.32. The molecule has 0 aliphatic heterocycles. The third-order valence-corrected chi connectivity index (χ3v) is 3.65. The van der Waals surface area contributed by atoms with Crippen LogP contribution in [0, 0.1) is 5.82 Å². The summed E-state index contributed by atoms with van der Waals surface area (Å²) < 4.78 is 53.0. The second-order valence-corrected chi connectivity index (χ2v) is 5.40. The Hall–Kier alpha value is -2.55. The third kappa shape index (κ3) is 4.50. The van der Waals surface area contributed by atoms with E-state index < -0.39 is 29.4 Å². The van der Waals surface area contributed by atoms with Crippen molar-refractivity contribution in [3.8, 4) is 0 Å². The van der Waals surface area contributed by atoms with Gasteiger partial charge in [-0.15, -0.1) is 0 Å². The van der Waals surface area contributed by atoms with E-state index in [9.17, 15) is 22.4 Å². The minimum absolute atomic E-state index is 0.0432. The van der Waals surface area contributed by atoms with Gasteiger partial charge in [-0.05, 0) is 30.4 Å². The van der Waals surface area contributed by atoms with Crippen LogP contribution in [0.25, 0.3) is 0 Å². The molecule has 0 fully saturated rings. The fraction of sp³-hybridized carbons (Fsp3) is 0.188. The number of hydrogen-bond acceptors (Lipinski definition) is 3. The average molecular weight is 371 g/mol. The van der Waals surface area contributed by atoms with Gasteiger partial charge >= 0.3 is 6.18 Å². The summed E-state index contributed by atoms with van der Waals surface area (Å²) in [6, 6.07) is 6.80. The molecule has 9 heteroatoms. The lowest BCUT2D eigenvalue weighted by atomic mass is 9.93. The summed E-state index contributed by atoms with van der Waals surface area (Å²) in [7, 11) is 1.46. The Balaban J connectivity index is 2.54. The van der Waals surface area contributed by atoms with E-state index in [1.807, 2.05) is 0 Å². The van der Waals surface area contributed by atoms with Gasteiger partial charge in [-0.3, -0.25) is 9.78 Å². The third-order valence-electron chi connectivity index (χ3n) is 3.35. The van der Waals surface area contributed by atoms with E-state index in [2.05, 4.69) is 15.6 Å². The highest BCUT2D eigenvalue weighted by molar-refractivity contribution is 7.80. The number of pyridine rings is 1. The Bertz CT molecular complexity index is 795. The van der Waals surface area contributed by atoms with Crippen molar-refractivity contribution in [1.82, 2.24) is 15.6 Å². The Morgan fingerprint density at radius 1 is 1.24 bits per heavy atom. The van der Waals surface area contributed by atoms with Crippen LogP contribution in [0.4, 0.5) is 17.6 Å². The second-order valence-electron chi connectivity index (χ2n) is 4.99. The molecule has 1 amide bonds. The van der Waals surface area contributed by atoms with Crippen molar-refractivity contribution in [1.29, 1.82) is 0 Å². The number of amides is 1. The molecular formula is C16H13F4N3OS. The predicted molar refractivity (Wildman–Crippen MR) is 87.3 cm³/mol. The van der Waals surface area contributed by atoms with Crippen LogP contribution >= 0.6 is 12.2 Å². The van der Waals surface area contributed by atoms with Crippen LogP contribution in [-0.2, 0) is 11.0 Å². The topological polar surface area (TPSA) is 54.0 Å². The van der Waals surface area contributed by atoms with Gasteiger partial charge < -0.3 is 10.6 Å². The quantitative estimate of drug-likeness (QED) is 0.643. The van der Waals surface area contributed by atoms with Crippen LogP contribution < -0.4 is 10.6 Å². The first kappa shape index (κ1) is 18.8. The Morgan fingerprint density at radius 3 is 2.52 bits per heavy atom. The van der Waals surface area contributed by atoms with Gasteiger partial charge in [0.1, 0.15) is 11.7 Å². The van der Waals surface area contributed by atoms with Gasteiger partial charge in [0.05, 0.1) is 11.3 Å². The summed E-state index contributed by atoms with van der Waals surface area (Å²) in [6.45, 7) is 0. The van der Waals surface area contributed by atoms with E-state index in [1.165, 1.54) is 25.2 Å². The van der Waals surface area contributed by atoms with Crippen LogP contribution in [0.2, 0.25) is 0 Å². The molecule has 1 atom stereocenters. The summed E-state index contributed by atoms with van der Waals surface area (Å²) >= 11 is 4.83. The average Bonchev–Trinajstić information content (AvgIpc) is 2.56. The molecule has 0 radical (unpaired) electrons. The van der Waals surface area contributed by atoms with Crippen molar-refractivity contribution >= 4 is 23.2 Å². The maximum atomic E-state index is 14.2. The fourth-order valence-electron chi connectivity index (χ4n) is 2.17. The molecule has 0 spiro atoms. The molecule has 1 aromatic heterocycles. The number of nitrogens with one attached hydrogen (secondary N) is 2. The number of thiocarbonyl (C=S) groups is 1. The van der Waals surface area contributed by atoms with E-state index in [0.29, 0.717) is 0 Å². The lowest BCUT2D eigenvalue weighted by Gasteiger charge is -2.19. The molecule has 0 saturated carbocycles. The highest BCUT2D eigenvalue weighted by Gasteiger charge is 2.33. The van der Waals surface area contributed by atoms with Gasteiger partial charge in [-0.1, -0.05) is 18.2 Å². The number of aromatic nitrogens is 1. The molecule has 2 rings (SSSR count). The monoisotopic (exact) mass is 371 g/mol. The SMILES string of the molecule is CNC(=S)NC(=O)C(c1cc(C(F)(F)F)ccn1)c1ccccc1F. The van der Waals surface area contributed by atoms with E-state index in [0.717, 1.165) is 24.4 Å². The molecule has 0 bridgehead atoms. The largest absolute Gasteiger partial charge is 0.416 e. The van der Waals surface area contributed by atoms with Crippen LogP contribution in [0.1, 0.15) is 22.7 Å². The first-order chi connectivity index (χ1) is 11.7. The standard InChI is InChI=1S/C16H13F4N3OS/c1-21-15(25)23-14(24)13(10-4-2-3-5-11(10)17)12-8-9(6-7-22-12)16(18,19)20/h2-8,13H,1H3,(H2,21,23,24,25). The molecule has 1 heterocycles. The minimum Gasteiger partial charge on any atom is -0.365 e. The van der Waals surface area contributed by atoms with Crippen molar-refractivity contribution in [2.24, 2.45) is 0 Å². The second kappa shape index (κ2) is 7.56. The highest BCUT2D eigenvalue weighted by atomic mass is 32.1. The molecule has 4 nitrogen and oxygen atoms in total. The molecule has 1 unspecified atom stereocenters. The number of benzene rings is 1. The van der Waals surface area contributed by atoms with Crippen LogP contribution in [-0.4, -0.2) is 23.1 Å².